The Hall–Kier alpha value is -3.59. The predicted molar refractivity (Wildman–Crippen MR) is 110 cm³/mol. The van der Waals surface area contributed by atoms with Gasteiger partial charge in [0, 0.05) is 29.8 Å². The Kier molecular flexibility index (Phi) is 5.30. The monoisotopic (exact) mass is 407 g/mol. The van der Waals surface area contributed by atoms with E-state index in [2.05, 4.69) is 25.9 Å². The van der Waals surface area contributed by atoms with Crippen LogP contribution in [0.25, 0.3) is 11.3 Å². The van der Waals surface area contributed by atoms with Crippen molar-refractivity contribution in [2.75, 3.05) is 10.6 Å². The number of aromatic nitrogens is 2. The van der Waals surface area contributed by atoms with Crippen LogP contribution < -0.4 is 16.0 Å². The predicted octanol–water partition coefficient (Wildman–Crippen LogP) is 2.67. The number of hydrogen-bond acceptors (Lipinski definition) is 6. The smallest absolute Gasteiger partial charge is 0.254 e. The Bertz CT molecular complexity index is 1070. The van der Waals surface area contributed by atoms with Gasteiger partial charge < -0.3 is 16.0 Å². The number of thiazole rings is 1. The van der Waals surface area contributed by atoms with Crippen LogP contribution in [0, 0.1) is 0 Å². The average Bonchev–Trinajstić information content (AvgIpc) is 3.15. The fraction of sp³-hybridized carbons (Fsp3) is 0.150. The van der Waals surface area contributed by atoms with Gasteiger partial charge in [-0.2, -0.15) is 0 Å². The summed E-state index contributed by atoms with van der Waals surface area (Å²) < 4.78 is 0. The van der Waals surface area contributed by atoms with E-state index in [1.165, 1.54) is 11.3 Å². The quantitative estimate of drug-likeness (QED) is 0.602. The first-order valence-electron chi connectivity index (χ1n) is 8.97. The van der Waals surface area contributed by atoms with E-state index in [1.807, 2.05) is 17.5 Å². The topological polar surface area (TPSA) is 113 Å². The molecule has 1 aliphatic rings. The number of para-hydroxylation sites is 1. The zero-order chi connectivity index (χ0) is 20.2. The number of nitrogens with one attached hydrogen (secondary N) is 3. The Balaban J connectivity index is 1.35. The second-order valence-electron chi connectivity index (χ2n) is 6.43. The van der Waals surface area contributed by atoms with Crippen LogP contribution in [0.4, 0.5) is 10.8 Å². The van der Waals surface area contributed by atoms with Crippen LogP contribution in [-0.4, -0.2) is 33.7 Å². The molecule has 4 rings (SSSR count). The summed E-state index contributed by atoms with van der Waals surface area (Å²) in [5.74, 6) is -0.962. The minimum Gasteiger partial charge on any atom is -0.340 e. The van der Waals surface area contributed by atoms with E-state index in [9.17, 15) is 14.4 Å². The van der Waals surface area contributed by atoms with Gasteiger partial charge in [-0.15, -0.1) is 11.3 Å². The zero-order valence-corrected chi connectivity index (χ0v) is 16.0. The number of amides is 3. The molecule has 0 radical (unpaired) electrons. The van der Waals surface area contributed by atoms with Crippen LogP contribution in [0.1, 0.15) is 23.2 Å². The van der Waals surface area contributed by atoms with Crippen LogP contribution in [-0.2, 0) is 9.59 Å². The molecular weight excluding hydrogens is 390 g/mol. The highest BCUT2D eigenvalue weighted by molar-refractivity contribution is 7.14. The van der Waals surface area contributed by atoms with Gasteiger partial charge in [0.2, 0.25) is 11.8 Å². The number of anilines is 2. The van der Waals surface area contributed by atoms with Crippen LogP contribution in [0.3, 0.4) is 0 Å². The number of carbonyl (C=O) groups is 3. The second kappa shape index (κ2) is 8.19. The Morgan fingerprint density at radius 3 is 2.86 bits per heavy atom. The Morgan fingerprint density at radius 2 is 2.03 bits per heavy atom. The van der Waals surface area contributed by atoms with E-state index in [4.69, 9.17) is 0 Å². The first kappa shape index (κ1) is 18.8. The summed E-state index contributed by atoms with van der Waals surface area (Å²) >= 11 is 1.31. The van der Waals surface area contributed by atoms with E-state index >= 15 is 0 Å². The normalized spacial score (nSPS) is 15.7. The molecule has 0 saturated carbocycles. The fourth-order valence-corrected chi connectivity index (χ4v) is 3.69. The number of fused-ring (bicyclic) bond motifs is 1. The van der Waals surface area contributed by atoms with Gasteiger partial charge in [0.05, 0.1) is 16.9 Å². The maximum Gasteiger partial charge on any atom is 0.254 e. The first-order chi connectivity index (χ1) is 14.1. The molecule has 3 amide bonds. The highest BCUT2D eigenvalue weighted by atomic mass is 32.1. The minimum absolute atomic E-state index is 0.0660. The van der Waals surface area contributed by atoms with Crippen molar-refractivity contribution in [3.05, 3.63) is 59.7 Å². The third-order valence-corrected chi connectivity index (χ3v) is 5.18. The molecular formula is C20H17N5O3S. The summed E-state index contributed by atoms with van der Waals surface area (Å²) in [4.78, 5) is 45.4. The summed E-state index contributed by atoms with van der Waals surface area (Å²) in [7, 11) is 0. The molecule has 3 aromatic rings. The minimum atomic E-state index is -0.789. The van der Waals surface area contributed by atoms with Crippen molar-refractivity contribution in [2.45, 2.75) is 18.9 Å². The number of pyridine rings is 1. The fourth-order valence-electron chi connectivity index (χ4n) is 2.95. The lowest BCUT2D eigenvalue weighted by atomic mass is 10.1. The van der Waals surface area contributed by atoms with E-state index in [0.717, 1.165) is 11.3 Å². The third-order valence-electron chi connectivity index (χ3n) is 4.42. The van der Waals surface area contributed by atoms with Crippen molar-refractivity contribution in [3.8, 4) is 11.3 Å². The lowest BCUT2D eigenvalue weighted by Crippen LogP contribution is -2.41. The molecule has 0 saturated heterocycles. The van der Waals surface area contributed by atoms with Crippen molar-refractivity contribution >= 4 is 39.9 Å². The summed E-state index contributed by atoms with van der Waals surface area (Å²) in [6.45, 7) is 0. The molecule has 0 fully saturated rings. The van der Waals surface area contributed by atoms with Gasteiger partial charge >= 0.3 is 0 Å². The van der Waals surface area contributed by atoms with E-state index in [0.29, 0.717) is 16.4 Å². The molecule has 8 nitrogen and oxygen atoms in total. The van der Waals surface area contributed by atoms with Gasteiger partial charge in [-0.05, 0) is 30.7 Å². The van der Waals surface area contributed by atoms with Gasteiger partial charge in [0.15, 0.2) is 5.13 Å². The van der Waals surface area contributed by atoms with E-state index < -0.39 is 6.04 Å². The SMILES string of the molecule is O=C(CC[C@H]1NC(=O)c2ccccc2NC1=O)Nc1nc(-c2cccnc2)cs1. The molecule has 0 spiro atoms. The molecule has 2 aromatic heterocycles. The number of benzene rings is 1. The Morgan fingerprint density at radius 1 is 1.17 bits per heavy atom. The number of carbonyl (C=O) groups excluding carboxylic acids is 3. The van der Waals surface area contributed by atoms with Crippen molar-refractivity contribution in [1.82, 2.24) is 15.3 Å². The molecule has 1 aliphatic heterocycles. The molecule has 146 valence electrons. The van der Waals surface area contributed by atoms with Gasteiger partial charge in [-0.25, -0.2) is 4.98 Å². The van der Waals surface area contributed by atoms with Crippen molar-refractivity contribution in [3.63, 3.8) is 0 Å². The van der Waals surface area contributed by atoms with E-state index in [-0.39, 0.29) is 30.6 Å². The first-order valence-corrected chi connectivity index (χ1v) is 9.84. The molecule has 3 N–H and O–H groups in total. The second-order valence-corrected chi connectivity index (χ2v) is 7.29. The molecule has 0 aliphatic carbocycles. The van der Waals surface area contributed by atoms with Crippen molar-refractivity contribution in [2.24, 2.45) is 0 Å². The lowest BCUT2D eigenvalue weighted by Gasteiger charge is -2.13. The van der Waals surface area contributed by atoms with Gasteiger partial charge in [0.25, 0.3) is 5.91 Å². The van der Waals surface area contributed by atoms with Crippen LogP contribution in [0.5, 0.6) is 0 Å². The average molecular weight is 407 g/mol. The summed E-state index contributed by atoms with van der Waals surface area (Å²) in [6.07, 6.45) is 3.63. The molecule has 0 unspecified atom stereocenters. The van der Waals surface area contributed by atoms with Crippen molar-refractivity contribution < 1.29 is 14.4 Å². The maximum atomic E-state index is 12.4. The number of hydrogen-bond donors (Lipinski definition) is 3. The molecule has 3 heterocycles. The molecule has 29 heavy (non-hydrogen) atoms. The van der Waals surface area contributed by atoms with Gasteiger partial charge in [-0.3, -0.25) is 19.4 Å². The number of rotatable bonds is 5. The maximum absolute atomic E-state index is 12.4. The van der Waals surface area contributed by atoms with Gasteiger partial charge in [0.1, 0.15) is 6.04 Å². The van der Waals surface area contributed by atoms with Crippen LogP contribution >= 0.6 is 11.3 Å². The number of nitrogens with zero attached hydrogens (tertiary/aromatic N) is 2. The molecule has 9 heteroatoms. The lowest BCUT2D eigenvalue weighted by molar-refractivity contribution is -0.118. The van der Waals surface area contributed by atoms with Crippen LogP contribution in [0.15, 0.2) is 54.2 Å². The largest absolute Gasteiger partial charge is 0.340 e. The van der Waals surface area contributed by atoms with E-state index in [1.54, 1.807) is 36.7 Å². The Labute approximate surface area is 170 Å². The summed E-state index contributed by atoms with van der Waals surface area (Å²) in [5.41, 5.74) is 2.46. The zero-order valence-electron chi connectivity index (χ0n) is 15.2. The van der Waals surface area contributed by atoms with Gasteiger partial charge in [-0.1, -0.05) is 12.1 Å². The molecule has 1 atom stereocenters. The third kappa shape index (κ3) is 4.30. The molecule has 0 bridgehead atoms. The molecule has 1 aromatic carbocycles. The van der Waals surface area contributed by atoms with Crippen molar-refractivity contribution in [1.29, 1.82) is 0 Å². The highest BCUT2D eigenvalue weighted by Crippen LogP contribution is 2.24. The summed E-state index contributed by atoms with van der Waals surface area (Å²) in [6, 6.07) is 9.70. The standard InChI is InChI=1S/C20H17N5O3S/c26-17(25-20-24-16(11-29-20)12-4-3-9-21-10-12)8-7-15-19(28)22-14-6-2-1-5-13(14)18(27)23-15/h1-6,9-11,15H,7-8H2,(H,22,28)(H,23,27)(H,24,25,26)/t15-/m1/s1. The highest BCUT2D eigenvalue weighted by Gasteiger charge is 2.27. The summed E-state index contributed by atoms with van der Waals surface area (Å²) in [5, 5.41) is 10.4. The van der Waals surface area contributed by atoms with Crippen LogP contribution in [0.2, 0.25) is 0 Å².